The maximum Gasteiger partial charge on any atom is 0.144 e. The minimum atomic E-state index is 0.552. The molecule has 3 aromatic rings. The number of nitrogens with zero attached hydrogens (tertiary/aromatic N) is 2. The van der Waals surface area contributed by atoms with Gasteiger partial charge in [-0.1, -0.05) is 38.1 Å². The van der Waals surface area contributed by atoms with Crippen LogP contribution in [0, 0.1) is 5.92 Å². The average molecular weight is 280 g/mol. The highest BCUT2D eigenvalue weighted by Crippen LogP contribution is 2.32. The normalized spacial score (nSPS) is 11.2. The van der Waals surface area contributed by atoms with Crippen LogP contribution in [0.5, 0.6) is 5.75 Å². The smallest absolute Gasteiger partial charge is 0.144 e. The summed E-state index contributed by atoms with van der Waals surface area (Å²) in [7, 11) is 1.70. The minimum Gasteiger partial charge on any atom is -0.496 e. The molecule has 0 bridgehead atoms. The lowest BCUT2D eigenvalue weighted by atomic mass is 10.1. The van der Waals surface area contributed by atoms with Crippen molar-refractivity contribution in [2.24, 2.45) is 5.92 Å². The van der Waals surface area contributed by atoms with Crippen LogP contribution in [-0.4, -0.2) is 16.7 Å². The van der Waals surface area contributed by atoms with E-state index in [1.807, 2.05) is 24.3 Å². The number of hydrogen-bond donors (Lipinski definition) is 0. The molecule has 3 rings (SSSR count). The summed E-state index contributed by atoms with van der Waals surface area (Å²) in [5.41, 5.74) is 3.24. The van der Waals surface area contributed by atoms with Gasteiger partial charge in [0.25, 0.3) is 0 Å². The molecule has 0 amide bonds. The SMILES string of the molecule is COc1ccccc1-c1nc2ccccc2n1CC(C)C. The van der Waals surface area contributed by atoms with Gasteiger partial charge < -0.3 is 9.30 Å². The van der Waals surface area contributed by atoms with Gasteiger partial charge in [-0.3, -0.25) is 0 Å². The summed E-state index contributed by atoms with van der Waals surface area (Å²) in [5, 5.41) is 0. The largest absolute Gasteiger partial charge is 0.496 e. The molecule has 0 fully saturated rings. The fourth-order valence-electron chi connectivity index (χ4n) is 2.66. The van der Waals surface area contributed by atoms with Crippen LogP contribution < -0.4 is 4.74 Å². The summed E-state index contributed by atoms with van der Waals surface area (Å²) < 4.78 is 7.79. The average Bonchev–Trinajstić information content (AvgIpc) is 2.85. The van der Waals surface area contributed by atoms with Crippen LogP contribution in [0.4, 0.5) is 0 Å². The van der Waals surface area contributed by atoms with Crippen molar-refractivity contribution >= 4 is 11.0 Å². The van der Waals surface area contributed by atoms with Crippen LogP contribution >= 0.6 is 0 Å². The third-order valence-corrected chi connectivity index (χ3v) is 3.55. The van der Waals surface area contributed by atoms with Gasteiger partial charge in [0.2, 0.25) is 0 Å². The van der Waals surface area contributed by atoms with Crippen molar-refractivity contribution in [2.75, 3.05) is 7.11 Å². The van der Waals surface area contributed by atoms with Gasteiger partial charge in [0.15, 0.2) is 0 Å². The maximum absolute atomic E-state index is 5.50. The van der Waals surface area contributed by atoms with E-state index >= 15 is 0 Å². The minimum absolute atomic E-state index is 0.552. The molecule has 0 radical (unpaired) electrons. The lowest BCUT2D eigenvalue weighted by molar-refractivity contribution is 0.415. The first-order valence-electron chi connectivity index (χ1n) is 7.29. The molecule has 0 aliphatic rings. The zero-order valence-electron chi connectivity index (χ0n) is 12.7. The Bertz CT molecular complexity index is 759. The third-order valence-electron chi connectivity index (χ3n) is 3.55. The molecule has 0 atom stereocenters. The Labute approximate surface area is 125 Å². The second-order valence-corrected chi connectivity index (χ2v) is 5.63. The predicted molar refractivity (Wildman–Crippen MR) is 86.6 cm³/mol. The highest BCUT2D eigenvalue weighted by molar-refractivity contribution is 5.81. The van der Waals surface area contributed by atoms with E-state index in [9.17, 15) is 0 Å². The summed E-state index contributed by atoms with van der Waals surface area (Å²) in [6.45, 7) is 5.38. The Hall–Kier alpha value is -2.29. The van der Waals surface area contributed by atoms with Gasteiger partial charge in [0.1, 0.15) is 11.6 Å². The first-order valence-corrected chi connectivity index (χ1v) is 7.29. The van der Waals surface area contributed by atoms with Gasteiger partial charge in [-0.15, -0.1) is 0 Å². The molecule has 2 aromatic carbocycles. The summed E-state index contributed by atoms with van der Waals surface area (Å²) in [5.74, 6) is 2.39. The molecule has 0 saturated carbocycles. The molecule has 0 saturated heterocycles. The fraction of sp³-hybridized carbons (Fsp3) is 0.278. The molecular formula is C18H20N2O. The molecule has 0 aliphatic carbocycles. The number of aromatic nitrogens is 2. The number of benzene rings is 2. The first kappa shape index (κ1) is 13.7. The van der Waals surface area contributed by atoms with Crippen molar-refractivity contribution in [3.05, 3.63) is 48.5 Å². The molecule has 108 valence electrons. The molecular weight excluding hydrogens is 260 g/mol. The quantitative estimate of drug-likeness (QED) is 0.709. The standard InChI is InChI=1S/C18H20N2O/c1-13(2)12-20-16-10-6-5-9-15(16)19-18(20)14-8-4-7-11-17(14)21-3/h4-11,13H,12H2,1-3H3. The van der Waals surface area contributed by atoms with Crippen molar-refractivity contribution in [1.82, 2.24) is 9.55 Å². The van der Waals surface area contributed by atoms with Gasteiger partial charge >= 0.3 is 0 Å². The molecule has 1 aromatic heterocycles. The Morgan fingerprint density at radius 3 is 2.52 bits per heavy atom. The highest BCUT2D eigenvalue weighted by atomic mass is 16.5. The summed E-state index contributed by atoms with van der Waals surface area (Å²) in [6, 6.07) is 16.3. The van der Waals surface area contributed by atoms with Crippen LogP contribution in [0.15, 0.2) is 48.5 Å². The Morgan fingerprint density at radius 2 is 1.76 bits per heavy atom. The van der Waals surface area contributed by atoms with E-state index in [1.165, 1.54) is 5.52 Å². The van der Waals surface area contributed by atoms with Crippen molar-refractivity contribution in [3.63, 3.8) is 0 Å². The third kappa shape index (κ3) is 2.51. The van der Waals surface area contributed by atoms with E-state index < -0.39 is 0 Å². The van der Waals surface area contributed by atoms with E-state index in [2.05, 4.69) is 42.7 Å². The first-order chi connectivity index (χ1) is 10.2. The lowest BCUT2D eigenvalue weighted by Crippen LogP contribution is -2.06. The van der Waals surface area contributed by atoms with Crippen LogP contribution in [0.1, 0.15) is 13.8 Å². The number of ether oxygens (including phenoxy) is 1. The van der Waals surface area contributed by atoms with E-state index in [-0.39, 0.29) is 0 Å². The van der Waals surface area contributed by atoms with Gasteiger partial charge in [-0.05, 0) is 30.2 Å². The van der Waals surface area contributed by atoms with Crippen LogP contribution in [0.3, 0.4) is 0 Å². The molecule has 3 heteroatoms. The van der Waals surface area contributed by atoms with Gasteiger partial charge in [-0.2, -0.15) is 0 Å². The van der Waals surface area contributed by atoms with Crippen LogP contribution in [0.25, 0.3) is 22.4 Å². The zero-order chi connectivity index (χ0) is 14.8. The predicted octanol–water partition coefficient (Wildman–Crippen LogP) is 4.37. The Morgan fingerprint density at radius 1 is 1.05 bits per heavy atom. The molecule has 21 heavy (non-hydrogen) atoms. The number of methoxy groups -OCH3 is 1. The second-order valence-electron chi connectivity index (χ2n) is 5.63. The Kier molecular flexibility index (Phi) is 3.65. The van der Waals surface area contributed by atoms with Gasteiger partial charge in [0.05, 0.1) is 23.7 Å². The van der Waals surface area contributed by atoms with Crippen molar-refractivity contribution in [3.8, 4) is 17.1 Å². The maximum atomic E-state index is 5.50. The van der Waals surface area contributed by atoms with E-state index in [0.29, 0.717) is 5.92 Å². The number of hydrogen-bond acceptors (Lipinski definition) is 2. The van der Waals surface area contributed by atoms with Crippen LogP contribution in [0.2, 0.25) is 0 Å². The number of para-hydroxylation sites is 3. The number of rotatable bonds is 4. The van der Waals surface area contributed by atoms with Crippen molar-refractivity contribution in [2.45, 2.75) is 20.4 Å². The molecule has 0 unspecified atom stereocenters. The topological polar surface area (TPSA) is 27.1 Å². The van der Waals surface area contributed by atoms with Crippen LogP contribution in [-0.2, 0) is 6.54 Å². The Balaban J connectivity index is 2.26. The summed E-state index contributed by atoms with van der Waals surface area (Å²) in [6.07, 6.45) is 0. The molecule has 0 spiro atoms. The van der Waals surface area contributed by atoms with E-state index in [4.69, 9.17) is 9.72 Å². The van der Waals surface area contributed by atoms with E-state index in [1.54, 1.807) is 7.11 Å². The van der Waals surface area contributed by atoms with E-state index in [0.717, 1.165) is 29.2 Å². The van der Waals surface area contributed by atoms with Crippen molar-refractivity contribution in [1.29, 1.82) is 0 Å². The fourth-order valence-corrected chi connectivity index (χ4v) is 2.66. The zero-order valence-corrected chi connectivity index (χ0v) is 12.7. The van der Waals surface area contributed by atoms with Gasteiger partial charge in [0, 0.05) is 6.54 Å². The van der Waals surface area contributed by atoms with Crippen molar-refractivity contribution < 1.29 is 4.74 Å². The second kappa shape index (κ2) is 5.60. The molecule has 1 heterocycles. The highest BCUT2D eigenvalue weighted by Gasteiger charge is 2.16. The molecule has 0 aliphatic heterocycles. The lowest BCUT2D eigenvalue weighted by Gasteiger charge is -2.13. The molecule has 3 nitrogen and oxygen atoms in total. The number of fused-ring (bicyclic) bond motifs is 1. The van der Waals surface area contributed by atoms with Gasteiger partial charge in [-0.25, -0.2) is 4.98 Å². The monoisotopic (exact) mass is 280 g/mol. The summed E-state index contributed by atoms with van der Waals surface area (Å²) in [4.78, 5) is 4.83. The molecule has 0 N–H and O–H groups in total. The summed E-state index contributed by atoms with van der Waals surface area (Å²) >= 11 is 0. The number of imidazole rings is 1.